The van der Waals surface area contributed by atoms with Crippen LogP contribution in [0.5, 0.6) is 0 Å². The lowest BCUT2D eigenvalue weighted by Gasteiger charge is -2.56. The number of rotatable bonds is 4. The van der Waals surface area contributed by atoms with E-state index in [4.69, 9.17) is 16.6 Å². The van der Waals surface area contributed by atoms with Crippen LogP contribution in [0.4, 0.5) is 0 Å². The standard InChI is InChI=1S/C30H32ClN3O2/c31-28-14-13-25-26(32-28)12-7-16-29(25)20-34(36)19-27(29)30(24-10-5-2-6-11-24)18-23(15-17-33(30)21-35)22-8-3-1-4-9-22/h1-6,8-11,13-14,21,23,27,36H,7,12,15-20H2/t23-,27+,29-,30-/m0/s1. The number of hydroxylamine groups is 2. The minimum absolute atomic E-state index is 0.00358. The number of pyridine rings is 1. The highest BCUT2D eigenvalue weighted by molar-refractivity contribution is 6.29. The first kappa shape index (κ1) is 23.7. The molecule has 2 fully saturated rings. The Morgan fingerprint density at radius 1 is 1.03 bits per heavy atom. The van der Waals surface area contributed by atoms with Crippen molar-refractivity contribution in [2.24, 2.45) is 5.92 Å². The van der Waals surface area contributed by atoms with Gasteiger partial charge in [0.1, 0.15) is 5.15 Å². The van der Waals surface area contributed by atoms with E-state index in [-0.39, 0.29) is 11.3 Å². The number of aryl methyl sites for hydroxylation is 1. The second-order valence-corrected chi connectivity index (χ2v) is 11.1. The van der Waals surface area contributed by atoms with E-state index in [1.807, 2.05) is 17.0 Å². The summed E-state index contributed by atoms with van der Waals surface area (Å²) in [5.74, 6) is 0.315. The smallest absolute Gasteiger partial charge is 0.210 e. The SMILES string of the molecule is O=CN1CC[C@H](c2ccccc2)C[C@]1(c1ccccc1)[C@@H]1CN(O)C[C@]12CCCc1nc(Cl)ccc12. The zero-order chi connectivity index (χ0) is 24.8. The average molecular weight is 502 g/mol. The third-order valence-electron chi connectivity index (χ3n) is 9.08. The summed E-state index contributed by atoms with van der Waals surface area (Å²) in [6.07, 6.45) is 5.61. The Bertz CT molecular complexity index is 1240. The van der Waals surface area contributed by atoms with E-state index in [1.54, 1.807) is 0 Å². The van der Waals surface area contributed by atoms with Gasteiger partial charge in [-0.15, -0.1) is 0 Å². The molecule has 4 atom stereocenters. The fraction of sp³-hybridized carbons (Fsp3) is 0.400. The number of fused-ring (bicyclic) bond motifs is 2. The van der Waals surface area contributed by atoms with Crippen molar-refractivity contribution in [1.29, 1.82) is 0 Å². The highest BCUT2D eigenvalue weighted by Crippen LogP contribution is 2.58. The molecule has 0 saturated carbocycles. The van der Waals surface area contributed by atoms with E-state index >= 15 is 0 Å². The van der Waals surface area contributed by atoms with E-state index in [1.165, 1.54) is 16.2 Å². The van der Waals surface area contributed by atoms with Gasteiger partial charge in [0, 0.05) is 36.7 Å². The summed E-state index contributed by atoms with van der Waals surface area (Å²) in [6.45, 7) is 1.72. The molecule has 2 aromatic carbocycles. The molecule has 1 amide bonds. The Balaban J connectivity index is 1.57. The minimum Gasteiger partial charge on any atom is -0.335 e. The second kappa shape index (κ2) is 9.29. The highest BCUT2D eigenvalue weighted by Gasteiger charge is 2.61. The van der Waals surface area contributed by atoms with Gasteiger partial charge in [0.25, 0.3) is 0 Å². The number of hydrogen-bond donors (Lipinski definition) is 1. The lowest BCUT2D eigenvalue weighted by Crippen LogP contribution is -2.60. The van der Waals surface area contributed by atoms with Crippen LogP contribution in [0.2, 0.25) is 5.15 Å². The number of halogens is 1. The lowest BCUT2D eigenvalue weighted by atomic mass is 9.55. The summed E-state index contributed by atoms with van der Waals surface area (Å²) in [5.41, 5.74) is 3.79. The van der Waals surface area contributed by atoms with Crippen molar-refractivity contribution in [2.75, 3.05) is 19.6 Å². The molecular formula is C30H32ClN3O2. The van der Waals surface area contributed by atoms with Gasteiger partial charge in [0.05, 0.1) is 5.54 Å². The van der Waals surface area contributed by atoms with E-state index in [0.717, 1.165) is 49.8 Å². The Hall–Kier alpha value is -2.73. The molecule has 1 aromatic heterocycles. The van der Waals surface area contributed by atoms with Crippen LogP contribution < -0.4 is 0 Å². The van der Waals surface area contributed by atoms with E-state index in [0.29, 0.717) is 30.7 Å². The van der Waals surface area contributed by atoms with E-state index < -0.39 is 5.54 Å². The summed E-state index contributed by atoms with van der Waals surface area (Å²) in [6, 6.07) is 25.2. The molecule has 1 spiro atoms. The first-order chi connectivity index (χ1) is 17.6. The molecule has 6 heteroatoms. The van der Waals surface area contributed by atoms with Crippen LogP contribution in [0.25, 0.3) is 0 Å². The predicted molar refractivity (Wildman–Crippen MR) is 140 cm³/mol. The van der Waals surface area contributed by atoms with Gasteiger partial charge in [-0.3, -0.25) is 4.79 Å². The van der Waals surface area contributed by atoms with Crippen LogP contribution in [0.1, 0.15) is 54.0 Å². The van der Waals surface area contributed by atoms with Crippen LogP contribution in [0.15, 0.2) is 72.8 Å². The molecular weight excluding hydrogens is 470 g/mol. The molecule has 6 rings (SSSR count). The van der Waals surface area contributed by atoms with Gasteiger partial charge in [-0.05, 0) is 60.8 Å². The van der Waals surface area contributed by atoms with Crippen LogP contribution in [-0.2, 0) is 22.2 Å². The first-order valence-corrected chi connectivity index (χ1v) is 13.4. The largest absolute Gasteiger partial charge is 0.335 e. The summed E-state index contributed by atoms with van der Waals surface area (Å²) in [4.78, 5) is 19.6. The Labute approximate surface area is 217 Å². The number of benzene rings is 2. The van der Waals surface area contributed by atoms with Crippen molar-refractivity contribution < 1.29 is 10.0 Å². The van der Waals surface area contributed by atoms with Crippen molar-refractivity contribution in [3.8, 4) is 0 Å². The van der Waals surface area contributed by atoms with Gasteiger partial charge in [-0.1, -0.05) is 78.3 Å². The maximum Gasteiger partial charge on any atom is 0.210 e. The van der Waals surface area contributed by atoms with Crippen molar-refractivity contribution in [2.45, 2.75) is 49.0 Å². The second-order valence-electron chi connectivity index (χ2n) is 10.7. The number of nitrogens with zero attached hydrogens (tertiary/aromatic N) is 3. The maximum absolute atomic E-state index is 12.8. The maximum atomic E-state index is 12.8. The van der Waals surface area contributed by atoms with Gasteiger partial charge in [-0.2, -0.15) is 5.06 Å². The van der Waals surface area contributed by atoms with E-state index in [2.05, 4.69) is 60.7 Å². The predicted octanol–water partition coefficient (Wildman–Crippen LogP) is 5.56. The monoisotopic (exact) mass is 501 g/mol. The third-order valence-corrected chi connectivity index (χ3v) is 9.29. The molecule has 1 N–H and O–H groups in total. The number of carbonyl (C=O) groups is 1. The highest BCUT2D eigenvalue weighted by atomic mass is 35.5. The summed E-state index contributed by atoms with van der Waals surface area (Å²) in [7, 11) is 0. The van der Waals surface area contributed by atoms with Crippen LogP contribution in [0.3, 0.4) is 0 Å². The molecule has 186 valence electrons. The average Bonchev–Trinajstić information content (AvgIpc) is 3.25. The molecule has 3 aliphatic rings. The van der Waals surface area contributed by atoms with E-state index in [9.17, 15) is 10.0 Å². The van der Waals surface area contributed by atoms with Gasteiger partial charge >= 0.3 is 0 Å². The van der Waals surface area contributed by atoms with Crippen LogP contribution >= 0.6 is 11.6 Å². The number of aromatic nitrogens is 1. The number of piperidine rings is 1. The number of amides is 1. The molecule has 2 aliphatic heterocycles. The fourth-order valence-electron chi connectivity index (χ4n) is 7.64. The first-order valence-electron chi connectivity index (χ1n) is 13.0. The molecule has 0 unspecified atom stereocenters. The van der Waals surface area contributed by atoms with Gasteiger partial charge < -0.3 is 10.1 Å². The summed E-state index contributed by atoms with van der Waals surface area (Å²) < 4.78 is 0. The fourth-order valence-corrected chi connectivity index (χ4v) is 7.81. The Kier molecular flexibility index (Phi) is 6.11. The number of hydrogen-bond acceptors (Lipinski definition) is 4. The van der Waals surface area contributed by atoms with Crippen LogP contribution in [0, 0.1) is 5.92 Å². The summed E-state index contributed by atoms with van der Waals surface area (Å²) >= 11 is 6.32. The molecule has 3 aromatic rings. The molecule has 1 aliphatic carbocycles. The van der Waals surface area contributed by atoms with Crippen molar-refractivity contribution in [1.82, 2.24) is 14.9 Å². The Morgan fingerprint density at radius 2 is 1.78 bits per heavy atom. The van der Waals surface area contributed by atoms with Crippen LogP contribution in [-0.4, -0.2) is 46.2 Å². The third kappa shape index (κ3) is 3.68. The quantitative estimate of drug-likeness (QED) is 0.375. The molecule has 0 radical (unpaired) electrons. The number of likely N-dealkylation sites (tertiary alicyclic amines) is 1. The van der Waals surface area contributed by atoms with Gasteiger partial charge in [0.15, 0.2) is 0 Å². The summed E-state index contributed by atoms with van der Waals surface area (Å²) in [5, 5.41) is 13.1. The normalized spacial score (nSPS) is 30.3. The van der Waals surface area contributed by atoms with Crippen molar-refractivity contribution >= 4 is 18.0 Å². The topological polar surface area (TPSA) is 56.7 Å². The molecule has 0 bridgehead atoms. The van der Waals surface area contributed by atoms with Gasteiger partial charge in [-0.25, -0.2) is 4.98 Å². The molecule has 3 heterocycles. The molecule has 2 saturated heterocycles. The number of carbonyl (C=O) groups excluding carboxylic acids is 1. The van der Waals surface area contributed by atoms with Crippen molar-refractivity contribution in [3.05, 3.63) is 100 Å². The van der Waals surface area contributed by atoms with Gasteiger partial charge in [0.2, 0.25) is 6.41 Å². The zero-order valence-electron chi connectivity index (χ0n) is 20.4. The zero-order valence-corrected chi connectivity index (χ0v) is 21.1. The van der Waals surface area contributed by atoms with Crippen molar-refractivity contribution in [3.63, 3.8) is 0 Å². The molecule has 36 heavy (non-hydrogen) atoms. The minimum atomic E-state index is -0.562. The Morgan fingerprint density at radius 3 is 2.53 bits per heavy atom. The lowest BCUT2D eigenvalue weighted by molar-refractivity contribution is -0.134. The molecule has 5 nitrogen and oxygen atoms in total.